The van der Waals surface area contributed by atoms with Crippen LogP contribution in [0, 0.1) is 0 Å². The van der Waals surface area contributed by atoms with Crippen LogP contribution in [0.15, 0.2) is 0 Å². The average molecular weight is 261 g/mol. The molecule has 0 spiro atoms. The normalized spacial score (nSPS) is 14.8. The summed E-state index contributed by atoms with van der Waals surface area (Å²) in [7, 11) is 1.88. The van der Waals surface area contributed by atoms with Crippen molar-refractivity contribution >= 4 is 11.9 Å². The van der Waals surface area contributed by atoms with E-state index in [2.05, 4.69) is 0 Å². The Hall–Kier alpha value is 0.0300. The van der Waals surface area contributed by atoms with Crippen molar-refractivity contribution in [3.63, 3.8) is 0 Å². The Labute approximate surface area is 98.7 Å². The third-order valence-corrected chi connectivity index (χ3v) is 3.72. The Morgan fingerprint density at radius 2 is 1.88 bits per heavy atom. The van der Waals surface area contributed by atoms with Gasteiger partial charge in [-0.25, -0.2) is 17.6 Å². The van der Waals surface area contributed by atoms with E-state index in [4.69, 9.17) is 0 Å². The van der Waals surface area contributed by atoms with Crippen molar-refractivity contribution in [3.8, 4) is 0 Å². The highest BCUT2D eigenvalue weighted by molar-refractivity contribution is 7.97. The lowest BCUT2D eigenvalue weighted by Gasteiger charge is -2.22. The molecule has 1 unspecified atom stereocenters. The first-order chi connectivity index (χ1) is 7.31. The largest absolute Gasteiger partial charge is 0.307 e. The highest BCUT2D eigenvalue weighted by Gasteiger charge is 2.39. The quantitative estimate of drug-likeness (QED) is 0.368. The van der Waals surface area contributed by atoms with Gasteiger partial charge in [-0.15, -0.1) is 0 Å². The van der Waals surface area contributed by atoms with Gasteiger partial charge in [0.05, 0.1) is 0 Å². The summed E-state index contributed by atoms with van der Waals surface area (Å²) in [5.74, 6) is -3.39. The first-order valence-corrected chi connectivity index (χ1v) is 6.27. The molecule has 0 aliphatic carbocycles. The molecule has 0 aromatic rings. The van der Waals surface area contributed by atoms with Crippen LogP contribution in [0.25, 0.3) is 0 Å². The highest BCUT2D eigenvalue weighted by atomic mass is 32.2. The van der Waals surface area contributed by atoms with Crippen LogP contribution in [0.4, 0.5) is 17.6 Å². The molecule has 0 heterocycles. The summed E-state index contributed by atoms with van der Waals surface area (Å²) in [5, 5.41) is 0. The maximum Gasteiger partial charge on any atom is 0.307 e. The standard InChI is InChI=1S/C10H19F4NS/c1-4-8(2)15(3)16-7-5-6-10(13,14)9(11)12/h8-9H,4-7H2,1-3H3. The van der Waals surface area contributed by atoms with Crippen LogP contribution in [0.1, 0.15) is 33.1 Å². The van der Waals surface area contributed by atoms with E-state index in [0.29, 0.717) is 11.8 Å². The van der Waals surface area contributed by atoms with E-state index in [-0.39, 0.29) is 6.42 Å². The molecule has 0 aliphatic rings. The second-order valence-corrected chi connectivity index (χ2v) is 5.04. The topological polar surface area (TPSA) is 3.24 Å². The molecule has 0 fully saturated rings. The van der Waals surface area contributed by atoms with E-state index in [0.717, 1.165) is 6.42 Å². The number of halogens is 4. The van der Waals surface area contributed by atoms with Gasteiger partial charge in [0.25, 0.3) is 0 Å². The SMILES string of the molecule is CCC(C)N(C)SCCCC(F)(F)C(F)F. The molecule has 1 nitrogen and oxygen atoms in total. The molecule has 0 aliphatic heterocycles. The molecule has 0 saturated carbocycles. The summed E-state index contributed by atoms with van der Waals surface area (Å²) in [6.07, 6.45) is -3.23. The molecule has 0 aromatic carbocycles. The van der Waals surface area contributed by atoms with E-state index in [9.17, 15) is 17.6 Å². The number of rotatable bonds is 8. The Morgan fingerprint density at radius 1 is 1.31 bits per heavy atom. The van der Waals surface area contributed by atoms with Gasteiger partial charge in [-0.1, -0.05) is 18.9 Å². The van der Waals surface area contributed by atoms with Gasteiger partial charge in [0.15, 0.2) is 0 Å². The van der Waals surface area contributed by atoms with Gasteiger partial charge in [0, 0.05) is 18.2 Å². The van der Waals surface area contributed by atoms with Crippen molar-refractivity contribution in [2.75, 3.05) is 12.8 Å². The maximum atomic E-state index is 12.5. The number of alkyl halides is 4. The van der Waals surface area contributed by atoms with Gasteiger partial charge < -0.3 is 0 Å². The van der Waals surface area contributed by atoms with Gasteiger partial charge in [-0.2, -0.15) is 0 Å². The zero-order valence-electron chi connectivity index (χ0n) is 9.85. The minimum absolute atomic E-state index is 0.1000. The van der Waals surface area contributed by atoms with Crippen molar-refractivity contribution < 1.29 is 17.6 Å². The van der Waals surface area contributed by atoms with Crippen LogP contribution in [0.5, 0.6) is 0 Å². The molecule has 98 valence electrons. The first kappa shape index (κ1) is 16.0. The minimum Gasteiger partial charge on any atom is -0.251 e. The van der Waals surface area contributed by atoms with Crippen LogP contribution in [-0.2, 0) is 0 Å². The second kappa shape index (κ2) is 7.37. The molecule has 1 atom stereocenters. The average Bonchev–Trinajstić information content (AvgIpc) is 2.22. The van der Waals surface area contributed by atoms with Crippen LogP contribution in [0.2, 0.25) is 0 Å². The lowest BCUT2D eigenvalue weighted by atomic mass is 10.2. The zero-order valence-corrected chi connectivity index (χ0v) is 10.7. The molecule has 0 N–H and O–H groups in total. The Bertz CT molecular complexity index is 190. The zero-order chi connectivity index (χ0) is 12.8. The van der Waals surface area contributed by atoms with Crippen molar-refractivity contribution in [2.24, 2.45) is 0 Å². The summed E-state index contributed by atoms with van der Waals surface area (Å²) < 4.78 is 50.6. The fourth-order valence-electron chi connectivity index (χ4n) is 1.01. The summed E-state index contributed by atoms with van der Waals surface area (Å²) in [6.45, 7) is 4.06. The third-order valence-electron chi connectivity index (χ3n) is 2.48. The number of hydrogen-bond donors (Lipinski definition) is 0. The van der Waals surface area contributed by atoms with Crippen LogP contribution in [0.3, 0.4) is 0 Å². The first-order valence-electron chi connectivity index (χ1n) is 5.33. The molecule has 0 aromatic heterocycles. The number of nitrogens with zero attached hydrogens (tertiary/aromatic N) is 1. The summed E-state index contributed by atoms with van der Waals surface area (Å²) in [4.78, 5) is 0. The van der Waals surface area contributed by atoms with Crippen LogP contribution >= 0.6 is 11.9 Å². The predicted octanol–water partition coefficient (Wildman–Crippen LogP) is 4.05. The molecular formula is C10H19F4NS. The Balaban J connectivity index is 3.68. The van der Waals surface area contributed by atoms with E-state index >= 15 is 0 Å². The van der Waals surface area contributed by atoms with E-state index in [1.54, 1.807) is 0 Å². The molecule has 0 saturated heterocycles. The summed E-state index contributed by atoms with van der Waals surface area (Å²) >= 11 is 1.42. The lowest BCUT2D eigenvalue weighted by Crippen LogP contribution is -2.27. The summed E-state index contributed by atoms with van der Waals surface area (Å²) in [5.41, 5.74) is 0. The van der Waals surface area contributed by atoms with E-state index in [1.165, 1.54) is 11.9 Å². The van der Waals surface area contributed by atoms with Gasteiger partial charge in [-0.05, 0) is 26.8 Å². The monoisotopic (exact) mass is 261 g/mol. The van der Waals surface area contributed by atoms with Crippen molar-refractivity contribution in [1.82, 2.24) is 4.31 Å². The fraction of sp³-hybridized carbons (Fsp3) is 1.00. The van der Waals surface area contributed by atoms with Gasteiger partial charge >= 0.3 is 12.3 Å². The van der Waals surface area contributed by atoms with Crippen molar-refractivity contribution in [2.45, 2.75) is 51.5 Å². The van der Waals surface area contributed by atoms with Gasteiger partial charge in [0.1, 0.15) is 0 Å². The van der Waals surface area contributed by atoms with E-state index in [1.807, 2.05) is 25.2 Å². The van der Waals surface area contributed by atoms with Gasteiger partial charge in [-0.3, -0.25) is 4.31 Å². The highest BCUT2D eigenvalue weighted by Crippen LogP contribution is 2.29. The fourth-order valence-corrected chi connectivity index (χ4v) is 1.97. The molecule has 0 bridgehead atoms. The van der Waals surface area contributed by atoms with Crippen molar-refractivity contribution in [3.05, 3.63) is 0 Å². The molecule has 0 amide bonds. The van der Waals surface area contributed by atoms with Gasteiger partial charge in [0.2, 0.25) is 0 Å². The number of hydrogen-bond acceptors (Lipinski definition) is 2. The molecule has 16 heavy (non-hydrogen) atoms. The smallest absolute Gasteiger partial charge is 0.251 e. The maximum absolute atomic E-state index is 12.5. The van der Waals surface area contributed by atoms with Crippen LogP contribution < -0.4 is 0 Å². The predicted molar refractivity (Wildman–Crippen MR) is 60.2 cm³/mol. The Morgan fingerprint density at radius 3 is 2.31 bits per heavy atom. The summed E-state index contributed by atoms with van der Waals surface area (Å²) in [6, 6.07) is 0.362. The lowest BCUT2D eigenvalue weighted by molar-refractivity contribution is -0.132. The third kappa shape index (κ3) is 5.94. The molecule has 6 heteroatoms. The molecule has 0 rings (SSSR count). The second-order valence-electron chi connectivity index (χ2n) is 3.80. The van der Waals surface area contributed by atoms with Crippen LogP contribution in [-0.4, -0.2) is 35.5 Å². The molecule has 0 radical (unpaired) electrons. The molecular weight excluding hydrogens is 242 g/mol. The van der Waals surface area contributed by atoms with Crippen molar-refractivity contribution in [1.29, 1.82) is 0 Å². The Kier molecular flexibility index (Phi) is 7.39. The van der Waals surface area contributed by atoms with E-state index < -0.39 is 18.8 Å². The minimum atomic E-state index is -3.84.